The van der Waals surface area contributed by atoms with Crippen LogP contribution in [-0.2, 0) is 11.3 Å². The van der Waals surface area contributed by atoms with E-state index >= 15 is 0 Å². The fourth-order valence-electron chi connectivity index (χ4n) is 3.31. The molecule has 1 aliphatic heterocycles. The normalized spacial score (nSPS) is 13.7. The van der Waals surface area contributed by atoms with Crippen LogP contribution in [-0.4, -0.2) is 37.2 Å². The third-order valence-electron chi connectivity index (χ3n) is 5.16. The summed E-state index contributed by atoms with van der Waals surface area (Å²) in [5.74, 6) is 2.61. The molecule has 0 saturated carbocycles. The van der Waals surface area contributed by atoms with Gasteiger partial charge in [0, 0.05) is 18.7 Å². The number of fused-ring (bicyclic) bond motifs is 1. The van der Waals surface area contributed by atoms with E-state index in [2.05, 4.69) is 19.9 Å². The summed E-state index contributed by atoms with van der Waals surface area (Å²) in [7, 11) is 0. The number of hydrogen-bond donors (Lipinski definition) is 0. The lowest BCUT2D eigenvalue weighted by Crippen LogP contribution is -2.34. The van der Waals surface area contributed by atoms with Crippen molar-refractivity contribution in [2.45, 2.75) is 39.7 Å². The van der Waals surface area contributed by atoms with Gasteiger partial charge in [0.05, 0.1) is 0 Å². The van der Waals surface area contributed by atoms with Gasteiger partial charge in [-0.2, -0.15) is 0 Å². The third-order valence-corrected chi connectivity index (χ3v) is 5.16. The van der Waals surface area contributed by atoms with Crippen LogP contribution >= 0.6 is 0 Å². The van der Waals surface area contributed by atoms with Crippen molar-refractivity contribution < 1.29 is 19.0 Å². The zero-order chi connectivity index (χ0) is 19.9. The average Bonchev–Trinajstić information content (AvgIpc) is 2.75. The minimum atomic E-state index is -0.0456. The summed E-state index contributed by atoms with van der Waals surface area (Å²) in [6.45, 7) is 8.46. The van der Waals surface area contributed by atoms with Gasteiger partial charge in [-0.25, -0.2) is 0 Å². The Bertz CT molecular complexity index is 805. The van der Waals surface area contributed by atoms with E-state index in [0.29, 0.717) is 32.2 Å². The molecule has 3 rings (SSSR count). The highest BCUT2D eigenvalue weighted by atomic mass is 16.6. The molecule has 28 heavy (non-hydrogen) atoms. The maximum absolute atomic E-state index is 12.8. The Balaban J connectivity index is 1.67. The number of carbonyl (C=O) groups excluding carboxylic acids is 1. The highest BCUT2D eigenvalue weighted by Crippen LogP contribution is 2.34. The second-order valence-electron chi connectivity index (χ2n) is 6.99. The highest BCUT2D eigenvalue weighted by molar-refractivity contribution is 5.78. The number of para-hydroxylation sites is 2. The fourth-order valence-corrected chi connectivity index (χ4v) is 3.31. The first-order chi connectivity index (χ1) is 13.6. The molecule has 0 radical (unpaired) electrons. The summed E-state index contributed by atoms with van der Waals surface area (Å²) in [6, 6.07) is 13.8. The van der Waals surface area contributed by atoms with E-state index in [9.17, 15) is 4.79 Å². The number of nitrogens with zero attached hydrogens (tertiary/aromatic N) is 1. The lowest BCUT2D eigenvalue weighted by molar-refractivity contribution is -0.133. The topological polar surface area (TPSA) is 48.0 Å². The van der Waals surface area contributed by atoms with Gasteiger partial charge in [0.1, 0.15) is 19.0 Å². The molecule has 2 aromatic carbocycles. The second kappa shape index (κ2) is 9.49. The Kier molecular flexibility index (Phi) is 6.80. The van der Waals surface area contributed by atoms with Crippen LogP contribution in [0.2, 0.25) is 0 Å². The summed E-state index contributed by atoms with van der Waals surface area (Å²) < 4.78 is 17.3. The Morgan fingerprint density at radius 1 is 1.11 bits per heavy atom. The van der Waals surface area contributed by atoms with Crippen LogP contribution in [0.1, 0.15) is 44.2 Å². The molecule has 1 atom stereocenters. The molecule has 0 spiro atoms. The molecule has 1 amide bonds. The van der Waals surface area contributed by atoms with Gasteiger partial charge in [0.15, 0.2) is 18.1 Å². The molecule has 5 heteroatoms. The minimum absolute atomic E-state index is 0.0215. The van der Waals surface area contributed by atoms with Crippen molar-refractivity contribution in [2.75, 3.05) is 26.4 Å². The second-order valence-corrected chi connectivity index (χ2v) is 6.99. The quantitative estimate of drug-likeness (QED) is 0.678. The number of benzene rings is 2. The first-order valence-corrected chi connectivity index (χ1v) is 10.0. The average molecular weight is 383 g/mol. The van der Waals surface area contributed by atoms with E-state index in [1.807, 2.05) is 43.3 Å². The van der Waals surface area contributed by atoms with E-state index in [4.69, 9.17) is 14.2 Å². The van der Waals surface area contributed by atoms with Gasteiger partial charge >= 0.3 is 0 Å². The monoisotopic (exact) mass is 383 g/mol. The molecular formula is C23H29NO4. The zero-order valence-electron chi connectivity index (χ0n) is 16.9. The fraction of sp³-hybridized carbons (Fsp3) is 0.435. The standard InChI is InChI=1S/C23H29NO4/c1-4-17(3)19-10-6-7-11-20(19)28-16-22(25)24(5-2)15-18-9-8-12-21-23(18)27-14-13-26-21/h6-12,17H,4-5,13-16H2,1-3H3. The van der Waals surface area contributed by atoms with Crippen LogP contribution < -0.4 is 14.2 Å². The molecule has 2 aromatic rings. The Labute approximate surface area is 167 Å². The van der Waals surface area contributed by atoms with Gasteiger partial charge in [0.2, 0.25) is 0 Å². The third kappa shape index (κ3) is 4.58. The van der Waals surface area contributed by atoms with E-state index in [1.54, 1.807) is 4.90 Å². The Morgan fingerprint density at radius 3 is 2.68 bits per heavy atom. The number of rotatable bonds is 8. The van der Waals surface area contributed by atoms with Crippen molar-refractivity contribution in [1.82, 2.24) is 4.90 Å². The number of hydrogen-bond acceptors (Lipinski definition) is 4. The largest absolute Gasteiger partial charge is 0.486 e. The Morgan fingerprint density at radius 2 is 1.89 bits per heavy atom. The summed E-state index contributed by atoms with van der Waals surface area (Å²) >= 11 is 0. The molecule has 0 bridgehead atoms. The van der Waals surface area contributed by atoms with Gasteiger partial charge in [-0.05, 0) is 37.0 Å². The lowest BCUT2D eigenvalue weighted by Gasteiger charge is -2.25. The maximum atomic E-state index is 12.8. The SMILES string of the molecule is CCC(C)c1ccccc1OCC(=O)N(CC)Cc1cccc2c1OCCO2. The van der Waals surface area contributed by atoms with Gasteiger partial charge < -0.3 is 19.1 Å². The van der Waals surface area contributed by atoms with Gasteiger partial charge in [-0.15, -0.1) is 0 Å². The molecule has 1 aliphatic rings. The molecular weight excluding hydrogens is 354 g/mol. The van der Waals surface area contributed by atoms with Crippen LogP contribution in [0.25, 0.3) is 0 Å². The van der Waals surface area contributed by atoms with Crippen LogP contribution in [0, 0.1) is 0 Å². The number of likely N-dealkylation sites (N-methyl/N-ethyl adjacent to an activating group) is 1. The zero-order valence-corrected chi connectivity index (χ0v) is 16.9. The molecule has 0 fully saturated rings. The van der Waals surface area contributed by atoms with Gasteiger partial charge in [0.25, 0.3) is 5.91 Å². The highest BCUT2D eigenvalue weighted by Gasteiger charge is 2.20. The van der Waals surface area contributed by atoms with Gasteiger partial charge in [-0.3, -0.25) is 4.79 Å². The number of ether oxygens (including phenoxy) is 3. The van der Waals surface area contributed by atoms with Crippen LogP contribution in [0.3, 0.4) is 0 Å². The molecule has 150 valence electrons. The van der Waals surface area contributed by atoms with Crippen LogP contribution in [0.4, 0.5) is 0 Å². The summed E-state index contributed by atoms with van der Waals surface area (Å²) in [4.78, 5) is 14.6. The Hall–Kier alpha value is -2.69. The van der Waals surface area contributed by atoms with Crippen molar-refractivity contribution >= 4 is 5.91 Å². The molecule has 1 unspecified atom stereocenters. The molecule has 0 aromatic heterocycles. The predicted molar refractivity (Wildman–Crippen MR) is 109 cm³/mol. The van der Waals surface area contributed by atoms with Crippen molar-refractivity contribution in [3.63, 3.8) is 0 Å². The van der Waals surface area contributed by atoms with E-state index in [0.717, 1.165) is 34.8 Å². The number of carbonyl (C=O) groups is 1. The first kappa shape index (κ1) is 20.1. The first-order valence-electron chi connectivity index (χ1n) is 10.0. The minimum Gasteiger partial charge on any atom is -0.486 e. The molecule has 1 heterocycles. The maximum Gasteiger partial charge on any atom is 0.260 e. The summed E-state index contributed by atoms with van der Waals surface area (Å²) in [5.41, 5.74) is 2.09. The van der Waals surface area contributed by atoms with Crippen molar-refractivity contribution in [2.24, 2.45) is 0 Å². The van der Waals surface area contributed by atoms with Crippen LogP contribution in [0.15, 0.2) is 42.5 Å². The molecule has 5 nitrogen and oxygen atoms in total. The smallest absolute Gasteiger partial charge is 0.260 e. The lowest BCUT2D eigenvalue weighted by atomic mass is 9.98. The number of amides is 1. The molecule has 0 aliphatic carbocycles. The van der Waals surface area contributed by atoms with Gasteiger partial charge in [-0.1, -0.05) is 44.2 Å². The summed E-state index contributed by atoms with van der Waals surface area (Å²) in [6.07, 6.45) is 1.02. The van der Waals surface area contributed by atoms with E-state index in [-0.39, 0.29) is 12.5 Å². The molecule has 0 N–H and O–H groups in total. The van der Waals surface area contributed by atoms with Crippen molar-refractivity contribution in [1.29, 1.82) is 0 Å². The van der Waals surface area contributed by atoms with E-state index < -0.39 is 0 Å². The van der Waals surface area contributed by atoms with E-state index in [1.165, 1.54) is 0 Å². The summed E-state index contributed by atoms with van der Waals surface area (Å²) in [5, 5.41) is 0. The molecule has 0 saturated heterocycles. The van der Waals surface area contributed by atoms with Crippen molar-refractivity contribution in [3.8, 4) is 17.2 Å². The van der Waals surface area contributed by atoms with Crippen LogP contribution in [0.5, 0.6) is 17.2 Å². The van der Waals surface area contributed by atoms with Crippen molar-refractivity contribution in [3.05, 3.63) is 53.6 Å². The predicted octanol–water partition coefficient (Wildman–Crippen LogP) is 4.40.